The van der Waals surface area contributed by atoms with Crippen LogP contribution in [0.3, 0.4) is 0 Å². The highest BCUT2D eigenvalue weighted by Crippen LogP contribution is 2.16. The summed E-state index contributed by atoms with van der Waals surface area (Å²) in [6.07, 6.45) is 0.879. The summed E-state index contributed by atoms with van der Waals surface area (Å²) in [7, 11) is 3.35. The molecule has 3 radical (unpaired) electrons. The van der Waals surface area contributed by atoms with Crippen LogP contribution in [0.4, 0.5) is 0 Å². The van der Waals surface area contributed by atoms with Crippen LogP contribution >= 0.6 is 0 Å². The SMILES string of the molecule is Oc1ccccc1CC[Si]. The first-order chi connectivity index (χ1) is 4.84. The van der Waals surface area contributed by atoms with Crippen molar-refractivity contribution in [3.05, 3.63) is 29.8 Å². The molecule has 1 N–H and O–H groups in total. The maximum atomic E-state index is 9.22. The van der Waals surface area contributed by atoms with E-state index in [-0.39, 0.29) is 0 Å². The van der Waals surface area contributed by atoms with Crippen LogP contribution in [0, 0.1) is 0 Å². The lowest BCUT2D eigenvalue weighted by Gasteiger charge is -1.99. The zero-order valence-corrected chi connectivity index (χ0v) is 6.67. The Balaban J connectivity index is 2.81. The molecule has 1 rings (SSSR count). The van der Waals surface area contributed by atoms with Crippen molar-refractivity contribution in [3.8, 4) is 5.75 Å². The van der Waals surface area contributed by atoms with Gasteiger partial charge in [0.25, 0.3) is 0 Å². The van der Waals surface area contributed by atoms with Crippen molar-refractivity contribution in [2.24, 2.45) is 0 Å². The summed E-state index contributed by atoms with van der Waals surface area (Å²) in [6.45, 7) is 0. The van der Waals surface area contributed by atoms with Crippen molar-refractivity contribution in [2.75, 3.05) is 0 Å². The van der Waals surface area contributed by atoms with Gasteiger partial charge in [-0.05, 0) is 18.1 Å². The number of hydrogen-bond acceptors (Lipinski definition) is 1. The van der Waals surface area contributed by atoms with Crippen molar-refractivity contribution in [1.29, 1.82) is 0 Å². The predicted molar refractivity (Wildman–Crippen MR) is 42.4 cm³/mol. The molecule has 1 nitrogen and oxygen atoms in total. The fourth-order valence-corrected chi connectivity index (χ4v) is 1.13. The van der Waals surface area contributed by atoms with Gasteiger partial charge in [-0.2, -0.15) is 0 Å². The van der Waals surface area contributed by atoms with Crippen molar-refractivity contribution in [2.45, 2.75) is 12.5 Å². The average molecular weight is 149 g/mol. The van der Waals surface area contributed by atoms with E-state index in [1.54, 1.807) is 6.07 Å². The minimum absolute atomic E-state index is 0.390. The Bertz CT molecular complexity index is 210. The number of benzene rings is 1. The molecule has 1 aromatic rings. The number of rotatable bonds is 2. The largest absolute Gasteiger partial charge is 0.508 e. The Hall–Kier alpha value is -0.763. The van der Waals surface area contributed by atoms with Gasteiger partial charge in [0.15, 0.2) is 0 Å². The molecule has 0 spiro atoms. The summed E-state index contributed by atoms with van der Waals surface area (Å²) in [5.41, 5.74) is 0.998. The molecular weight excluding hydrogens is 140 g/mol. The van der Waals surface area contributed by atoms with E-state index in [0.717, 1.165) is 18.0 Å². The topological polar surface area (TPSA) is 20.2 Å². The maximum absolute atomic E-state index is 9.22. The Morgan fingerprint density at radius 1 is 1.30 bits per heavy atom. The van der Waals surface area contributed by atoms with Crippen LogP contribution in [0.1, 0.15) is 5.56 Å². The van der Waals surface area contributed by atoms with Gasteiger partial charge in [-0.25, -0.2) is 0 Å². The Kier molecular flexibility index (Phi) is 2.51. The van der Waals surface area contributed by atoms with Crippen molar-refractivity contribution in [3.63, 3.8) is 0 Å². The van der Waals surface area contributed by atoms with Crippen LogP contribution in [0.15, 0.2) is 24.3 Å². The van der Waals surface area contributed by atoms with Crippen LogP contribution in [0.25, 0.3) is 0 Å². The van der Waals surface area contributed by atoms with E-state index in [2.05, 4.69) is 10.2 Å². The lowest BCUT2D eigenvalue weighted by Crippen LogP contribution is -1.83. The van der Waals surface area contributed by atoms with Crippen molar-refractivity contribution < 1.29 is 5.11 Å². The molecule has 0 fully saturated rings. The van der Waals surface area contributed by atoms with E-state index in [4.69, 9.17) is 0 Å². The van der Waals surface area contributed by atoms with Gasteiger partial charge >= 0.3 is 0 Å². The number of aryl methyl sites for hydroxylation is 1. The minimum atomic E-state index is 0.390. The van der Waals surface area contributed by atoms with Gasteiger partial charge in [0.2, 0.25) is 0 Å². The van der Waals surface area contributed by atoms with Gasteiger partial charge in [0, 0.05) is 10.2 Å². The van der Waals surface area contributed by atoms with E-state index in [0.29, 0.717) is 5.75 Å². The first-order valence-electron chi connectivity index (χ1n) is 3.26. The van der Waals surface area contributed by atoms with Gasteiger partial charge in [-0.3, -0.25) is 0 Å². The van der Waals surface area contributed by atoms with Crippen LogP contribution in [0.2, 0.25) is 6.04 Å². The first-order valence-corrected chi connectivity index (χ1v) is 3.97. The second-order valence-corrected chi connectivity index (χ2v) is 2.63. The van der Waals surface area contributed by atoms with Gasteiger partial charge in [0.05, 0.1) is 0 Å². The van der Waals surface area contributed by atoms with E-state index < -0.39 is 0 Å². The molecule has 0 aromatic heterocycles. The van der Waals surface area contributed by atoms with E-state index >= 15 is 0 Å². The molecule has 0 aliphatic heterocycles. The number of para-hydroxylation sites is 1. The number of aromatic hydroxyl groups is 1. The zero-order chi connectivity index (χ0) is 7.40. The molecule has 0 aliphatic carbocycles. The summed E-state index contributed by atoms with van der Waals surface area (Å²) in [6, 6.07) is 8.27. The third-order valence-corrected chi connectivity index (χ3v) is 1.64. The molecule has 0 atom stereocenters. The summed E-state index contributed by atoms with van der Waals surface area (Å²) in [5.74, 6) is 0.390. The Morgan fingerprint density at radius 3 is 2.60 bits per heavy atom. The highest BCUT2D eigenvalue weighted by Gasteiger charge is 1.95. The lowest BCUT2D eigenvalue weighted by molar-refractivity contribution is 0.469. The fourth-order valence-electron chi connectivity index (χ4n) is 0.857. The summed E-state index contributed by atoms with van der Waals surface area (Å²) in [4.78, 5) is 0. The minimum Gasteiger partial charge on any atom is -0.508 e. The number of phenols is 1. The Morgan fingerprint density at radius 2 is 2.00 bits per heavy atom. The van der Waals surface area contributed by atoms with Crippen molar-refractivity contribution in [1.82, 2.24) is 0 Å². The van der Waals surface area contributed by atoms with E-state index in [1.807, 2.05) is 18.2 Å². The number of hydrogen-bond donors (Lipinski definition) is 1. The van der Waals surface area contributed by atoms with Crippen LogP contribution in [0.5, 0.6) is 5.75 Å². The zero-order valence-electron chi connectivity index (χ0n) is 5.67. The molecule has 0 heterocycles. The smallest absolute Gasteiger partial charge is 0.118 e. The molecule has 0 saturated carbocycles. The van der Waals surface area contributed by atoms with Crippen LogP contribution in [-0.4, -0.2) is 15.3 Å². The molecule has 51 valence electrons. The molecule has 0 saturated heterocycles. The molecular formula is C8H9OSi. The molecule has 0 bridgehead atoms. The van der Waals surface area contributed by atoms with Crippen LogP contribution < -0.4 is 0 Å². The van der Waals surface area contributed by atoms with Crippen LogP contribution in [-0.2, 0) is 6.42 Å². The Labute approximate surface area is 64.1 Å². The van der Waals surface area contributed by atoms with Gasteiger partial charge < -0.3 is 5.11 Å². The third-order valence-electron chi connectivity index (χ3n) is 1.39. The van der Waals surface area contributed by atoms with Crippen molar-refractivity contribution >= 4 is 10.2 Å². The lowest BCUT2D eigenvalue weighted by atomic mass is 10.1. The normalized spacial score (nSPS) is 9.70. The summed E-state index contributed by atoms with van der Waals surface area (Å²) < 4.78 is 0. The first kappa shape index (κ1) is 7.35. The second kappa shape index (κ2) is 3.42. The molecule has 10 heavy (non-hydrogen) atoms. The van der Waals surface area contributed by atoms with E-state index in [9.17, 15) is 5.11 Å². The fraction of sp³-hybridized carbons (Fsp3) is 0.250. The second-order valence-electron chi connectivity index (χ2n) is 2.13. The molecule has 2 heteroatoms. The summed E-state index contributed by atoms with van der Waals surface area (Å²) >= 11 is 0. The molecule has 0 unspecified atom stereocenters. The average Bonchev–Trinajstić information content (AvgIpc) is 1.94. The molecule has 0 amide bonds. The third kappa shape index (κ3) is 1.61. The monoisotopic (exact) mass is 149 g/mol. The highest BCUT2D eigenvalue weighted by atomic mass is 28.1. The molecule has 0 aliphatic rings. The summed E-state index contributed by atoms with van der Waals surface area (Å²) in [5, 5.41) is 9.22. The molecule has 1 aromatic carbocycles. The van der Waals surface area contributed by atoms with Gasteiger partial charge in [-0.15, -0.1) is 0 Å². The maximum Gasteiger partial charge on any atom is 0.118 e. The quantitative estimate of drug-likeness (QED) is 0.632. The van der Waals surface area contributed by atoms with Gasteiger partial charge in [0.1, 0.15) is 5.75 Å². The van der Waals surface area contributed by atoms with Gasteiger partial charge in [-0.1, -0.05) is 24.2 Å². The standard InChI is InChI=1S/C8H9OSi/c9-8-4-2-1-3-7(8)5-6-10/h1-4,9H,5-6H2. The highest BCUT2D eigenvalue weighted by molar-refractivity contribution is 6.08. The number of phenolic OH excluding ortho intramolecular Hbond substituents is 1. The predicted octanol–water partition coefficient (Wildman–Crippen LogP) is 1.52. The van der Waals surface area contributed by atoms with E-state index in [1.165, 1.54) is 0 Å².